The Balaban J connectivity index is 1.44. The van der Waals surface area contributed by atoms with Crippen LogP contribution in [-0.4, -0.2) is 77.0 Å². The van der Waals surface area contributed by atoms with E-state index in [1.54, 1.807) is 31.4 Å². The van der Waals surface area contributed by atoms with Gasteiger partial charge in [0.25, 0.3) is 24.5 Å². The Morgan fingerprint density at radius 2 is 2.10 bits per heavy atom. The molecule has 2 atom stereocenters. The summed E-state index contributed by atoms with van der Waals surface area (Å²) in [6, 6.07) is 5.93. The van der Waals surface area contributed by atoms with E-state index in [2.05, 4.69) is 25.5 Å². The molecule has 1 saturated heterocycles. The van der Waals surface area contributed by atoms with Gasteiger partial charge in [-0.05, 0) is 35.2 Å². The number of rotatable bonds is 10. The van der Waals surface area contributed by atoms with E-state index < -0.39 is 41.9 Å². The summed E-state index contributed by atoms with van der Waals surface area (Å²) in [6.45, 7) is -1.34. The lowest BCUT2D eigenvalue weighted by Crippen LogP contribution is -2.71. The SMILES string of the molecule is COc1ccc(COC(=O)C2=C(CCl)CS[C@@H]3[C@H](NC(=O)/C(=N/OCF)N4C=C(NC=O)SN4)C(=O)N23)cc1. The van der Waals surface area contributed by atoms with Crippen molar-refractivity contribution in [3.05, 3.63) is 52.3 Å². The van der Waals surface area contributed by atoms with Gasteiger partial charge in [0.05, 0.1) is 13.3 Å². The summed E-state index contributed by atoms with van der Waals surface area (Å²) >= 11 is 8.33. The summed E-state index contributed by atoms with van der Waals surface area (Å²) in [5.74, 6) is -1.58. The van der Waals surface area contributed by atoms with Gasteiger partial charge in [0, 0.05) is 11.6 Å². The average molecular weight is 601 g/mol. The highest BCUT2D eigenvalue weighted by molar-refractivity contribution is 8.01. The van der Waals surface area contributed by atoms with Crippen LogP contribution in [0.4, 0.5) is 4.39 Å². The molecule has 3 amide bonds. The number of alkyl halides is 2. The largest absolute Gasteiger partial charge is 0.497 e. The van der Waals surface area contributed by atoms with Gasteiger partial charge in [-0.2, -0.15) is 4.83 Å². The fourth-order valence-corrected chi connectivity index (χ4v) is 5.98. The minimum atomic E-state index is -1.30. The van der Waals surface area contributed by atoms with Gasteiger partial charge in [0.1, 0.15) is 34.5 Å². The Labute approximate surface area is 235 Å². The lowest BCUT2D eigenvalue weighted by Gasteiger charge is -2.49. The van der Waals surface area contributed by atoms with Crippen molar-refractivity contribution in [2.75, 3.05) is 25.6 Å². The number of oxime groups is 1. The van der Waals surface area contributed by atoms with E-state index in [0.717, 1.165) is 22.5 Å². The number of amidine groups is 1. The molecular formula is C22H22ClFN6O7S2. The second kappa shape index (κ2) is 13.1. The minimum absolute atomic E-state index is 0.00661. The van der Waals surface area contributed by atoms with Crippen LogP contribution in [0.5, 0.6) is 5.75 Å². The average Bonchev–Trinajstić information content (AvgIpc) is 3.42. The summed E-state index contributed by atoms with van der Waals surface area (Å²) in [5.41, 5.74) is 1.28. The van der Waals surface area contributed by atoms with Crippen molar-refractivity contribution in [2.45, 2.75) is 18.0 Å². The van der Waals surface area contributed by atoms with Crippen molar-refractivity contribution in [3.8, 4) is 5.75 Å². The molecular weight excluding hydrogens is 579 g/mol. The van der Waals surface area contributed by atoms with Crippen molar-refractivity contribution >= 4 is 65.3 Å². The lowest BCUT2D eigenvalue weighted by atomic mass is 10.0. The van der Waals surface area contributed by atoms with Gasteiger partial charge in [-0.15, -0.1) is 23.4 Å². The molecule has 0 bridgehead atoms. The molecule has 208 valence electrons. The first kappa shape index (κ1) is 28.5. The van der Waals surface area contributed by atoms with Gasteiger partial charge in [0.2, 0.25) is 6.41 Å². The number of esters is 1. The standard InChI is InChI=1S/C22H22ClFN6O7S2/c1-35-14-4-2-12(3-5-14)8-36-22(34)17-13(6-23)9-38-21-16(20(33)30(17)21)26-19(32)18(27-37-10-24)29-7-15(25-11-31)39-28-29/h2-5,7,11,16,21,28H,6,8-10H2,1H3,(H,25,31)(H,26,32)/b27-18-/t16-,21-/m1/s1. The number of β-lactam (4-membered cyclic amide) rings is 1. The van der Waals surface area contributed by atoms with E-state index in [4.69, 9.17) is 21.1 Å². The molecule has 13 nitrogen and oxygen atoms in total. The normalized spacial score (nSPS) is 20.5. The summed E-state index contributed by atoms with van der Waals surface area (Å²) < 4.78 is 23.2. The Morgan fingerprint density at radius 3 is 2.77 bits per heavy atom. The molecule has 3 heterocycles. The number of carbonyl (C=O) groups excluding carboxylic acids is 4. The smallest absolute Gasteiger partial charge is 0.355 e. The number of halogens is 2. The number of benzene rings is 1. The molecule has 1 aromatic carbocycles. The number of hydrogen-bond donors (Lipinski definition) is 3. The molecule has 0 spiro atoms. The van der Waals surface area contributed by atoms with Crippen LogP contribution in [-0.2, 0) is 35.4 Å². The molecule has 0 unspecified atom stereocenters. The summed E-state index contributed by atoms with van der Waals surface area (Å²) in [7, 11) is 1.54. The number of hydrazine groups is 1. The van der Waals surface area contributed by atoms with Crippen molar-refractivity contribution in [1.82, 2.24) is 25.4 Å². The maximum absolute atomic E-state index is 13.1. The van der Waals surface area contributed by atoms with E-state index >= 15 is 0 Å². The van der Waals surface area contributed by atoms with Crippen LogP contribution in [0, 0.1) is 0 Å². The van der Waals surface area contributed by atoms with Crippen LogP contribution in [0.2, 0.25) is 0 Å². The van der Waals surface area contributed by atoms with Crippen LogP contribution >= 0.6 is 35.3 Å². The van der Waals surface area contributed by atoms with Gasteiger partial charge >= 0.3 is 5.97 Å². The van der Waals surface area contributed by atoms with Crippen LogP contribution in [0.15, 0.2) is 51.9 Å². The Bertz CT molecular complexity index is 1230. The zero-order chi connectivity index (χ0) is 27.9. The molecule has 1 aromatic rings. The van der Waals surface area contributed by atoms with Crippen molar-refractivity contribution in [3.63, 3.8) is 0 Å². The number of thioether (sulfide) groups is 1. The Hall–Kier alpha value is -3.47. The first-order valence-corrected chi connectivity index (χ1v) is 13.5. The van der Waals surface area contributed by atoms with E-state index in [1.165, 1.54) is 22.9 Å². The number of nitrogens with one attached hydrogen (secondary N) is 3. The van der Waals surface area contributed by atoms with Gasteiger partial charge in [-0.1, -0.05) is 17.3 Å². The summed E-state index contributed by atoms with van der Waals surface area (Å²) in [4.78, 5) is 58.2. The molecule has 1 fully saturated rings. The fourth-order valence-electron chi connectivity index (χ4n) is 3.70. The first-order chi connectivity index (χ1) is 18.9. The predicted octanol–water partition coefficient (Wildman–Crippen LogP) is 0.902. The topological polar surface area (TPSA) is 151 Å². The van der Waals surface area contributed by atoms with Crippen molar-refractivity contribution < 1.29 is 37.9 Å². The molecule has 0 aliphatic carbocycles. The monoisotopic (exact) mass is 600 g/mol. The number of carbonyl (C=O) groups is 4. The molecule has 3 aliphatic heterocycles. The highest BCUT2D eigenvalue weighted by atomic mass is 35.5. The third kappa shape index (κ3) is 6.24. The fraction of sp³-hybridized carbons (Fsp3) is 0.318. The van der Waals surface area contributed by atoms with E-state index in [1.807, 2.05) is 0 Å². The third-order valence-electron chi connectivity index (χ3n) is 5.55. The molecule has 17 heteroatoms. The van der Waals surface area contributed by atoms with Gasteiger partial charge < -0.3 is 24.9 Å². The zero-order valence-electron chi connectivity index (χ0n) is 20.2. The van der Waals surface area contributed by atoms with Gasteiger partial charge in [-0.3, -0.25) is 19.3 Å². The van der Waals surface area contributed by atoms with Crippen LogP contribution in [0.1, 0.15) is 5.56 Å². The van der Waals surface area contributed by atoms with Crippen molar-refractivity contribution in [1.29, 1.82) is 0 Å². The summed E-state index contributed by atoms with van der Waals surface area (Å²) in [5, 5.41) is 9.20. The van der Waals surface area contributed by atoms with Gasteiger partial charge in [-0.25, -0.2) is 14.2 Å². The van der Waals surface area contributed by atoms with Gasteiger partial charge in [0.15, 0.2) is 0 Å². The van der Waals surface area contributed by atoms with Crippen LogP contribution < -0.4 is 20.2 Å². The maximum Gasteiger partial charge on any atom is 0.355 e. The number of hydrogen-bond acceptors (Lipinski definition) is 11. The molecule has 0 saturated carbocycles. The summed E-state index contributed by atoms with van der Waals surface area (Å²) in [6.07, 6.45) is 1.75. The molecule has 0 radical (unpaired) electrons. The zero-order valence-corrected chi connectivity index (χ0v) is 22.6. The molecule has 0 aromatic heterocycles. The van der Waals surface area contributed by atoms with Crippen molar-refractivity contribution in [2.24, 2.45) is 5.16 Å². The highest BCUT2D eigenvalue weighted by Crippen LogP contribution is 2.41. The number of amides is 3. The predicted molar refractivity (Wildman–Crippen MR) is 140 cm³/mol. The Morgan fingerprint density at radius 1 is 1.33 bits per heavy atom. The van der Waals surface area contributed by atoms with Crippen LogP contribution in [0.3, 0.4) is 0 Å². The molecule has 39 heavy (non-hydrogen) atoms. The molecule has 3 aliphatic rings. The maximum atomic E-state index is 13.1. The Kier molecular flexibility index (Phi) is 9.55. The van der Waals surface area contributed by atoms with E-state index in [-0.39, 0.29) is 18.2 Å². The second-order valence-electron chi connectivity index (χ2n) is 7.84. The van der Waals surface area contributed by atoms with E-state index in [9.17, 15) is 23.6 Å². The number of nitrogens with zero attached hydrogens (tertiary/aromatic N) is 3. The minimum Gasteiger partial charge on any atom is -0.497 e. The first-order valence-electron chi connectivity index (χ1n) is 11.1. The molecule has 4 rings (SSSR count). The molecule has 3 N–H and O–H groups in total. The lowest BCUT2D eigenvalue weighted by molar-refractivity contribution is -0.153. The second-order valence-corrected chi connectivity index (χ2v) is 10.0. The highest BCUT2D eigenvalue weighted by Gasteiger charge is 2.54. The van der Waals surface area contributed by atoms with E-state index in [0.29, 0.717) is 28.5 Å². The number of ether oxygens (including phenoxy) is 2. The number of methoxy groups -OCH3 is 1. The number of fused-ring (bicyclic) bond motifs is 1. The van der Waals surface area contributed by atoms with Crippen LogP contribution in [0.25, 0.3) is 0 Å². The quantitative estimate of drug-likeness (QED) is 0.0513. The third-order valence-corrected chi connectivity index (χ3v) is 7.94.